The molecule has 0 amide bonds. The van der Waals surface area contributed by atoms with Crippen molar-refractivity contribution < 1.29 is 4.74 Å². The molecule has 1 fully saturated rings. The molecule has 0 atom stereocenters. The van der Waals surface area contributed by atoms with Crippen LogP contribution in [-0.2, 0) is 0 Å². The van der Waals surface area contributed by atoms with E-state index in [-0.39, 0.29) is 0 Å². The van der Waals surface area contributed by atoms with E-state index < -0.39 is 0 Å². The third-order valence-electron chi connectivity index (χ3n) is 2.06. The number of aryl methyl sites for hydroxylation is 1. The van der Waals surface area contributed by atoms with Gasteiger partial charge in [0.2, 0.25) is 5.88 Å². The molecule has 1 aliphatic rings. The van der Waals surface area contributed by atoms with Gasteiger partial charge in [0.05, 0.1) is 6.61 Å². The van der Waals surface area contributed by atoms with Gasteiger partial charge in [-0.3, -0.25) is 0 Å². The molecule has 0 aliphatic heterocycles. The summed E-state index contributed by atoms with van der Waals surface area (Å²) in [6.07, 6.45) is 2.56. The molecule has 1 aromatic rings. The highest BCUT2D eigenvalue weighted by Gasteiger charge is 2.22. The van der Waals surface area contributed by atoms with Crippen molar-refractivity contribution in [1.29, 1.82) is 0 Å². The zero-order chi connectivity index (χ0) is 9.26. The number of aromatic nitrogens is 2. The summed E-state index contributed by atoms with van der Waals surface area (Å²) in [5, 5.41) is 8.02. The van der Waals surface area contributed by atoms with Crippen LogP contribution in [-0.4, -0.2) is 16.8 Å². The van der Waals surface area contributed by atoms with Crippen molar-refractivity contribution in [3.8, 4) is 5.88 Å². The summed E-state index contributed by atoms with van der Waals surface area (Å²) >= 11 is 5.66. The summed E-state index contributed by atoms with van der Waals surface area (Å²) in [7, 11) is 0. The molecule has 3 nitrogen and oxygen atoms in total. The minimum Gasteiger partial charge on any atom is -0.476 e. The number of hydrogen-bond donors (Lipinski definition) is 0. The highest BCUT2D eigenvalue weighted by molar-refractivity contribution is 6.29. The second kappa shape index (κ2) is 3.50. The summed E-state index contributed by atoms with van der Waals surface area (Å²) in [6, 6.07) is 1.76. The molecule has 1 heterocycles. The lowest BCUT2D eigenvalue weighted by molar-refractivity contribution is 0.283. The largest absolute Gasteiger partial charge is 0.476 e. The van der Waals surface area contributed by atoms with E-state index in [2.05, 4.69) is 10.2 Å². The van der Waals surface area contributed by atoms with Gasteiger partial charge >= 0.3 is 0 Å². The van der Waals surface area contributed by atoms with E-state index in [4.69, 9.17) is 16.3 Å². The Balaban J connectivity index is 2.01. The maximum Gasteiger partial charge on any atom is 0.236 e. The van der Waals surface area contributed by atoms with Crippen LogP contribution >= 0.6 is 11.6 Å². The van der Waals surface area contributed by atoms with Gasteiger partial charge in [0, 0.05) is 5.56 Å². The van der Waals surface area contributed by atoms with E-state index >= 15 is 0 Å². The highest BCUT2D eigenvalue weighted by atomic mass is 35.5. The van der Waals surface area contributed by atoms with E-state index in [9.17, 15) is 0 Å². The first-order valence-corrected chi connectivity index (χ1v) is 4.76. The van der Waals surface area contributed by atoms with Crippen molar-refractivity contribution in [2.45, 2.75) is 19.8 Å². The van der Waals surface area contributed by atoms with E-state index in [1.54, 1.807) is 6.07 Å². The summed E-state index contributed by atoms with van der Waals surface area (Å²) < 4.78 is 5.48. The van der Waals surface area contributed by atoms with Crippen molar-refractivity contribution >= 4 is 11.6 Å². The van der Waals surface area contributed by atoms with Crippen LogP contribution in [0.4, 0.5) is 0 Å². The van der Waals surface area contributed by atoms with Crippen LogP contribution < -0.4 is 4.74 Å². The predicted molar refractivity (Wildman–Crippen MR) is 50.0 cm³/mol. The molecular weight excluding hydrogens is 188 g/mol. The first-order chi connectivity index (χ1) is 6.25. The topological polar surface area (TPSA) is 35.0 Å². The summed E-state index contributed by atoms with van der Waals surface area (Å²) in [4.78, 5) is 0. The van der Waals surface area contributed by atoms with Crippen LogP contribution in [0.1, 0.15) is 18.4 Å². The normalized spacial score (nSPS) is 15.8. The molecule has 1 aliphatic carbocycles. The van der Waals surface area contributed by atoms with Crippen LogP contribution in [0.25, 0.3) is 0 Å². The maximum absolute atomic E-state index is 5.66. The number of halogens is 1. The molecule has 0 radical (unpaired) electrons. The van der Waals surface area contributed by atoms with Crippen LogP contribution in [0.3, 0.4) is 0 Å². The molecule has 0 spiro atoms. The van der Waals surface area contributed by atoms with Crippen molar-refractivity contribution in [1.82, 2.24) is 10.2 Å². The molecule has 0 unspecified atom stereocenters. The molecule has 0 bridgehead atoms. The van der Waals surface area contributed by atoms with Crippen LogP contribution in [0.15, 0.2) is 6.07 Å². The average molecular weight is 199 g/mol. The SMILES string of the molecule is Cc1cc(Cl)nnc1OCC1CC1. The van der Waals surface area contributed by atoms with E-state index in [1.165, 1.54) is 12.8 Å². The van der Waals surface area contributed by atoms with Crippen molar-refractivity contribution in [3.63, 3.8) is 0 Å². The second-order valence-electron chi connectivity index (χ2n) is 3.41. The number of hydrogen-bond acceptors (Lipinski definition) is 3. The Morgan fingerprint density at radius 3 is 2.92 bits per heavy atom. The Labute approximate surface area is 82.1 Å². The Bertz CT molecular complexity index is 312. The zero-order valence-electron chi connectivity index (χ0n) is 7.46. The molecule has 1 aromatic heterocycles. The molecule has 0 saturated heterocycles. The lowest BCUT2D eigenvalue weighted by atomic mass is 10.3. The highest BCUT2D eigenvalue weighted by Crippen LogP contribution is 2.29. The summed E-state index contributed by atoms with van der Waals surface area (Å²) in [5.41, 5.74) is 0.945. The lowest BCUT2D eigenvalue weighted by Gasteiger charge is -2.05. The lowest BCUT2D eigenvalue weighted by Crippen LogP contribution is -2.03. The van der Waals surface area contributed by atoms with Crippen molar-refractivity contribution in [2.75, 3.05) is 6.61 Å². The Kier molecular flexibility index (Phi) is 2.36. The number of nitrogens with zero attached hydrogens (tertiary/aromatic N) is 2. The number of rotatable bonds is 3. The Morgan fingerprint density at radius 2 is 2.31 bits per heavy atom. The Morgan fingerprint density at radius 1 is 1.54 bits per heavy atom. The minimum atomic E-state index is 0.413. The quantitative estimate of drug-likeness (QED) is 0.747. The van der Waals surface area contributed by atoms with Crippen LogP contribution in [0.5, 0.6) is 5.88 Å². The molecule has 0 N–H and O–H groups in total. The van der Waals surface area contributed by atoms with E-state index in [1.807, 2.05) is 6.92 Å². The van der Waals surface area contributed by atoms with Gasteiger partial charge in [-0.05, 0) is 31.7 Å². The van der Waals surface area contributed by atoms with Gasteiger partial charge in [0.15, 0.2) is 5.15 Å². The zero-order valence-corrected chi connectivity index (χ0v) is 8.21. The van der Waals surface area contributed by atoms with Gasteiger partial charge < -0.3 is 4.74 Å². The average Bonchev–Trinajstić information content (AvgIpc) is 2.86. The third kappa shape index (κ3) is 2.31. The van der Waals surface area contributed by atoms with Gasteiger partial charge in [0.1, 0.15) is 0 Å². The van der Waals surface area contributed by atoms with Gasteiger partial charge in [-0.15, -0.1) is 10.2 Å². The standard InChI is InChI=1S/C9H11ClN2O/c1-6-4-8(10)11-12-9(6)13-5-7-2-3-7/h4,7H,2-3,5H2,1H3. The van der Waals surface area contributed by atoms with Crippen molar-refractivity contribution in [3.05, 3.63) is 16.8 Å². The maximum atomic E-state index is 5.66. The number of ether oxygens (including phenoxy) is 1. The molecule has 70 valence electrons. The first-order valence-electron chi connectivity index (χ1n) is 4.38. The second-order valence-corrected chi connectivity index (χ2v) is 3.80. The van der Waals surface area contributed by atoms with Gasteiger partial charge in [-0.1, -0.05) is 11.6 Å². The Hall–Kier alpha value is -0.830. The predicted octanol–water partition coefficient (Wildman–Crippen LogP) is 2.23. The fourth-order valence-corrected chi connectivity index (χ4v) is 1.27. The molecule has 0 aromatic carbocycles. The summed E-state index contributed by atoms with van der Waals surface area (Å²) in [6.45, 7) is 2.68. The van der Waals surface area contributed by atoms with Crippen molar-refractivity contribution in [2.24, 2.45) is 5.92 Å². The van der Waals surface area contributed by atoms with Gasteiger partial charge in [0.25, 0.3) is 0 Å². The third-order valence-corrected chi connectivity index (χ3v) is 2.25. The molecule has 1 saturated carbocycles. The van der Waals surface area contributed by atoms with Gasteiger partial charge in [-0.2, -0.15) is 0 Å². The van der Waals surface area contributed by atoms with Crippen LogP contribution in [0.2, 0.25) is 5.15 Å². The molecular formula is C9H11ClN2O. The fraction of sp³-hybridized carbons (Fsp3) is 0.556. The van der Waals surface area contributed by atoms with E-state index in [0.717, 1.165) is 18.1 Å². The van der Waals surface area contributed by atoms with E-state index in [0.29, 0.717) is 11.0 Å². The molecule has 2 rings (SSSR count). The first kappa shape index (κ1) is 8.75. The smallest absolute Gasteiger partial charge is 0.236 e. The monoisotopic (exact) mass is 198 g/mol. The molecule has 13 heavy (non-hydrogen) atoms. The van der Waals surface area contributed by atoms with Crippen LogP contribution in [0, 0.1) is 12.8 Å². The molecule has 4 heteroatoms. The van der Waals surface area contributed by atoms with Gasteiger partial charge in [-0.25, -0.2) is 0 Å². The minimum absolute atomic E-state index is 0.413. The fourth-order valence-electron chi connectivity index (χ4n) is 1.07. The summed E-state index contributed by atoms with van der Waals surface area (Å²) in [5.74, 6) is 1.34.